The summed E-state index contributed by atoms with van der Waals surface area (Å²) in [7, 11) is -3.50. The van der Waals surface area contributed by atoms with Crippen molar-refractivity contribution in [3.8, 4) is 0 Å². The minimum Gasteiger partial charge on any atom is -0.481 e. The standard InChI is InChI=1S/C12H22N2O4S/c1-10-4-3-6-13(8-10)19(17,18)14-7-5-12(2,9-14)11(15)16/h10H,3-9H2,1-2H3,(H,15,16). The molecular formula is C12H22N2O4S. The summed E-state index contributed by atoms with van der Waals surface area (Å²) in [5.41, 5.74) is -0.950. The van der Waals surface area contributed by atoms with Crippen molar-refractivity contribution in [2.24, 2.45) is 11.3 Å². The normalized spacial score (nSPS) is 34.5. The summed E-state index contributed by atoms with van der Waals surface area (Å²) in [5, 5.41) is 9.17. The Labute approximate surface area is 114 Å². The lowest BCUT2D eigenvalue weighted by Gasteiger charge is -2.33. The number of carboxylic acid groups (broad SMARTS) is 1. The number of piperidine rings is 1. The van der Waals surface area contributed by atoms with Gasteiger partial charge in [0.2, 0.25) is 0 Å². The van der Waals surface area contributed by atoms with Crippen molar-refractivity contribution in [2.75, 3.05) is 26.2 Å². The van der Waals surface area contributed by atoms with Gasteiger partial charge >= 0.3 is 5.97 Å². The SMILES string of the molecule is CC1CCCN(S(=O)(=O)N2CCC(C)(C(=O)O)C2)C1. The second-order valence-corrected chi connectivity index (χ2v) is 7.99. The predicted molar refractivity (Wildman–Crippen MR) is 70.8 cm³/mol. The van der Waals surface area contributed by atoms with E-state index in [2.05, 4.69) is 0 Å². The molecule has 2 atom stereocenters. The van der Waals surface area contributed by atoms with Crippen molar-refractivity contribution in [1.29, 1.82) is 0 Å². The van der Waals surface area contributed by atoms with Crippen LogP contribution in [0.15, 0.2) is 0 Å². The number of rotatable bonds is 3. The van der Waals surface area contributed by atoms with Crippen LogP contribution in [0, 0.1) is 11.3 Å². The Morgan fingerprint density at radius 2 is 2.00 bits per heavy atom. The molecule has 2 saturated heterocycles. The maximum atomic E-state index is 12.5. The molecule has 0 aromatic rings. The first kappa shape index (κ1) is 14.7. The number of carboxylic acids is 1. The second kappa shape index (κ2) is 5.03. The van der Waals surface area contributed by atoms with Crippen LogP contribution in [0.3, 0.4) is 0 Å². The van der Waals surface area contributed by atoms with Gasteiger partial charge in [-0.2, -0.15) is 17.0 Å². The number of nitrogens with zero attached hydrogens (tertiary/aromatic N) is 2. The highest BCUT2D eigenvalue weighted by Gasteiger charge is 2.46. The molecule has 0 amide bonds. The number of aliphatic carboxylic acids is 1. The van der Waals surface area contributed by atoms with Gasteiger partial charge in [0.05, 0.1) is 5.41 Å². The van der Waals surface area contributed by atoms with E-state index in [1.54, 1.807) is 6.92 Å². The van der Waals surface area contributed by atoms with Crippen molar-refractivity contribution in [3.05, 3.63) is 0 Å². The highest BCUT2D eigenvalue weighted by molar-refractivity contribution is 7.86. The lowest BCUT2D eigenvalue weighted by Crippen LogP contribution is -2.47. The van der Waals surface area contributed by atoms with Crippen LogP contribution in [0.5, 0.6) is 0 Å². The van der Waals surface area contributed by atoms with Gasteiger partial charge in [-0.15, -0.1) is 0 Å². The monoisotopic (exact) mass is 290 g/mol. The molecule has 0 aromatic carbocycles. The number of hydrogen-bond acceptors (Lipinski definition) is 3. The molecule has 7 heteroatoms. The Kier molecular flexibility index (Phi) is 3.90. The molecule has 1 N–H and O–H groups in total. The Balaban J connectivity index is 2.11. The third-order valence-electron chi connectivity index (χ3n) is 4.23. The Hall–Kier alpha value is -0.660. The van der Waals surface area contributed by atoms with Gasteiger partial charge in [-0.3, -0.25) is 4.79 Å². The summed E-state index contributed by atoms with van der Waals surface area (Å²) < 4.78 is 27.8. The van der Waals surface area contributed by atoms with Gasteiger partial charge in [0, 0.05) is 26.2 Å². The van der Waals surface area contributed by atoms with Crippen LogP contribution in [0.1, 0.15) is 33.1 Å². The fraction of sp³-hybridized carbons (Fsp3) is 0.917. The zero-order chi connectivity index (χ0) is 14.3. The average molecular weight is 290 g/mol. The Bertz CT molecular complexity index is 464. The minimum absolute atomic E-state index is 0.0789. The van der Waals surface area contributed by atoms with E-state index in [0.29, 0.717) is 32.0 Å². The van der Waals surface area contributed by atoms with Crippen LogP contribution >= 0.6 is 0 Å². The highest BCUT2D eigenvalue weighted by Crippen LogP contribution is 2.33. The fourth-order valence-corrected chi connectivity index (χ4v) is 4.71. The van der Waals surface area contributed by atoms with Crippen molar-refractivity contribution in [1.82, 2.24) is 8.61 Å². The molecule has 2 aliphatic rings. The predicted octanol–water partition coefficient (Wildman–Crippen LogP) is 0.760. The van der Waals surface area contributed by atoms with E-state index < -0.39 is 21.6 Å². The highest BCUT2D eigenvalue weighted by atomic mass is 32.2. The van der Waals surface area contributed by atoms with E-state index >= 15 is 0 Å². The topological polar surface area (TPSA) is 77.9 Å². The van der Waals surface area contributed by atoms with Crippen LogP contribution in [-0.2, 0) is 15.0 Å². The summed E-state index contributed by atoms with van der Waals surface area (Å²) >= 11 is 0. The van der Waals surface area contributed by atoms with E-state index in [1.165, 1.54) is 8.61 Å². The van der Waals surface area contributed by atoms with E-state index in [-0.39, 0.29) is 6.54 Å². The molecule has 2 fully saturated rings. The maximum Gasteiger partial charge on any atom is 0.310 e. The molecule has 6 nitrogen and oxygen atoms in total. The lowest BCUT2D eigenvalue weighted by molar-refractivity contribution is -0.146. The van der Waals surface area contributed by atoms with Gasteiger partial charge < -0.3 is 5.11 Å². The zero-order valence-corrected chi connectivity index (χ0v) is 12.3. The lowest BCUT2D eigenvalue weighted by atomic mass is 9.90. The van der Waals surface area contributed by atoms with E-state index in [1.807, 2.05) is 6.92 Å². The third-order valence-corrected chi connectivity index (χ3v) is 6.18. The first-order valence-corrected chi connectivity index (χ1v) is 8.14. The van der Waals surface area contributed by atoms with Crippen LogP contribution in [0.2, 0.25) is 0 Å². The molecular weight excluding hydrogens is 268 g/mol. The second-order valence-electron chi connectivity index (χ2n) is 6.06. The van der Waals surface area contributed by atoms with Crippen molar-refractivity contribution < 1.29 is 18.3 Å². The molecule has 2 unspecified atom stereocenters. The third kappa shape index (κ3) is 2.78. The number of hydrogen-bond donors (Lipinski definition) is 1. The van der Waals surface area contributed by atoms with Crippen molar-refractivity contribution >= 4 is 16.2 Å². The molecule has 0 radical (unpaired) electrons. The van der Waals surface area contributed by atoms with Gasteiger partial charge in [0.15, 0.2) is 0 Å². The molecule has 110 valence electrons. The molecule has 2 heterocycles. The maximum absolute atomic E-state index is 12.5. The molecule has 2 rings (SSSR count). The van der Waals surface area contributed by atoms with Gasteiger partial charge in [-0.05, 0) is 32.1 Å². The van der Waals surface area contributed by atoms with Gasteiger partial charge in [0.1, 0.15) is 0 Å². The molecule has 0 aliphatic carbocycles. The van der Waals surface area contributed by atoms with E-state index in [0.717, 1.165) is 12.8 Å². The van der Waals surface area contributed by atoms with Gasteiger partial charge in [-0.1, -0.05) is 6.92 Å². The summed E-state index contributed by atoms with van der Waals surface area (Å²) in [6, 6.07) is 0. The minimum atomic E-state index is -3.50. The first-order valence-electron chi connectivity index (χ1n) is 6.74. The molecule has 0 saturated carbocycles. The van der Waals surface area contributed by atoms with Gasteiger partial charge in [-0.25, -0.2) is 0 Å². The fourth-order valence-electron chi connectivity index (χ4n) is 2.81. The molecule has 2 aliphatic heterocycles. The van der Waals surface area contributed by atoms with Gasteiger partial charge in [0.25, 0.3) is 10.2 Å². The Morgan fingerprint density at radius 3 is 2.53 bits per heavy atom. The number of carbonyl (C=O) groups is 1. The van der Waals surface area contributed by atoms with Crippen LogP contribution in [0.4, 0.5) is 0 Å². The quantitative estimate of drug-likeness (QED) is 0.832. The summed E-state index contributed by atoms with van der Waals surface area (Å²) in [4.78, 5) is 11.2. The zero-order valence-electron chi connectivity index (χ0n) is 11.5. The van der Waals surface area contributed by atoms with Crippen LogP contribution in [-0.4, -0.2) is 54.3 Å². The van der Waals surface area contributed by atoms with Crippen LogP contribution < -0.4 is 0 Å². The average Bonchev–Trinajstić information content (AvgIpc) is 2.74. The Morgan fingerprint density at radius 1 is 1.32 bits per heavy atom. The largest absolute Gasteiger partial charge is 0.481 e. The van der Waals surface area contributed by atoms with E-state index in [9.17, 15) is 18.3 Å². The smallest absolute Gasteiger partial charge is 0.310 e. The van der Waals surface area contributed by atoms with Crippen LogP contribution in [0.25, 0.3) is 0 Å². The molecule has 19 heavy (non-hydrogen) atoms. The van der Waals surface area contributed by atoms with E-state index in [4.69, 9.17) is 0 Å². The summed E-state index contributed by atoms with van der Waals surface area (Å²) in [5.74, 6) is -0.547. The molecule has 0 spiro atoms. The molecule has 0 bridgehead atoms. The van der Waals surface area contributed by atoms with Crippen molar-refractivity contribution in [3.63, 3.8) is 0 Å². The first-order chi connectivity index (χ1) is 8.75. The summed E-state index contributed by atoms with van der Waals surface area (Å²) in [6.07, 6.45) is 2.31. The summed E-state index contributed by atoms with van der Waals surface area (Å²) in [6.45, 7) is 5.14. The molecule has 0 aromatic heterocycles. The van der Waals surface area contributed by atoms with Crippen molar-refractivity contribution in [2.45, 2.75) is 33.1 Å².